The number of aromatic nitrogens is 1. The zero-order chi connectivity index (χ0) is 11.8. The third-order valence-electron chi connectivity index (χ3n) is 2.83. The monoisotopic (exact) mass is 220 g/mol. The van der Waals surface area contributed by atoms with Gasteiger partial charge in [-0.2, -0.15) is 0 Å². The van der Waals surface area contributed by atoms with Crippen molar-refractivity contribution in [2.75, 3.05) is 6.54 Å². The third kappa shape index (κ3) is 4.75. The number of aryl methyl sites for hydroxylation is 1. The van der Waals surface area contributed by atoms with Crippen LogP contribution < -0.4 is 5.32 Å². The Kier molecular flexibility index (Phi) is 6.09. The summed E-state index contributed by atoms with van der Waals surface area (Å²) in [5.41, 5.74) is 2.24. The van der Waals surface area contributed by atoms with Gasteiger partial charge in [0.1, 0.15) is 0 Å². The molecule has 16 heavy (non-hydrogen) atoms. The van der Waals surface area contributed by atoms with Crippen molar-refractivity contribution in [1.82, 2.24) is 10.3 Å². The Balaban J connectivity index is 2.27. The Labute approximate surface area is 99.5 Å². The molecule has 0 saturated heterocycles. The number of unbranched alkanes of at least 4 members (excludes halogenated alkanes) is 3. The van der Waals surface area contributed by atoms with Gasteiger partial charge in [-0.1, -0.05) is 32.3 Å². The molecule has 0 fully saturated rings. The van der Waals surface area contributed by atoms with Gasteiger partial charge >= 0.3 is 0 Å². The Bertz CT molecular complexity index is 297. The number of hydrogen-bond donors (Lipinski definition) is 1. The SMILES string of the molecule is CCCCCCN[C@H](C)c1cccc(C)n1. The fraction of sp³-hybridized carbons (Fsp3) is 0.643. The van der Waals surface area contributed by atoms with Crippen LogP contribution in [0.3, 0.4) is 0 Å². The maximum atomic E-state index is 4.53. The third-order valence-corrected chi connectivity index (χ3v) is 2.83. The summed E-state index contributed by atoms with van der Waals surface area (Å²) in [7, 11) is 0. The van der Waals surface area contributed by atoms with Gasteiger partial charge in [0.2, 0.25) is 0 Å². The van der Waals surface area contributed by atoms with Crippen LogP contribution in [0.2, 0.25) is 0 Å². The molecular weight excluding hydrogens is 196 g/mol. The molecule has 0 aliphatic heterocycles. The molecule has 0 aliphatic carbocycles. The highest BCUT2D eigenvalue weighted by Gasteiger charge is 2.05. The maximum Gasteiger partial charge on any atom is 0.0573 e. The van der Waals surface area contributed by atoms with Crippen LogP contribution in [-0.2, 0) is 0 Å². The van der Waals surface area contributed by atoms with Gasteiger partial charge < -0.3 is 5.32 Å². The molecule has 0 saturated carbocycles. The van der Waals surface area contributed by atoms with Crippen LogP contribution in [0.15, 0.2) is 18.2 Å². The molecule has 2 heteroatoms. The van der Waals surface area contributed by atoms with E-state index in [0.717, 1.165) is 17.9 Å². The first-order valence-electron chi connectivity index (χ1n) is 6.41. The Hall–Kier alpha value is -0.890. The van der Waals surface area contributed by atoms with E-state index in [0.29, 0.717) is 6.04 Å². The molecule has 90 valence electrons. The molecule has 1 rings (SSSR count). The molecule has 1 aromatic heterocycles. The molecule has 0 aliphatic rings. The first kappa shape index (κ1) is 13.2. The highest BCUT2D eigenvalue weighted by molar-refractivity contribution is 5.12. The number of hydrogen-bond acceptors (Lipinski definition) is 2. The van der Waals surface area contributed by atoms with Gasteiger partial charge in [0.05, 0.1) is 5.69 Å². The van der Waals surface area contributed by atoms with Gasteiger partial charge in [-0.25, -0.2) is 0 Å². The van der Waals surface area contributed by atoms with Gasteiger partial charge in [0.25, 0.3) is 0 Å². The van der Waals surface area contributed by atoms with Crippen LogP contribution in [-0.4, -0.2) is 11.5 Å². The van der Waals surface area contributed by atoms with Crippen molar-refractivity contribution in [2.45, 2.75) is 52.5 Å². The topological polar surface area (TPSA) is 24.9 Å². The summed E-state index contributed by atoms with van der Waals surface area (Å²) in [5, 5.41) is 3.52. The summed E-state index contributed by atoms with van der Waals surface area (Å²) < 4.78 is 0. The normalized spacial score (nSPS) is 12.7. The van der Waals surface area contributed by atoms with Crippen LogP contribution >= 0.6 is 0 Å². The maximum absolute atomic E-state index is 4.53. The second-order valence-electron chi connectivity index (χ2n) is 4.44. The van der Waals surface area contributed by atoms with Crippen molar-refractivity contribution in [2.24, 2.45) is 0 Å². The van der Waals surface area contributed by atoms with Crippen molar-refractivity contribution >= 4 is 0 Å². The lowest BCUT2D eigenvalue weighted by Gasteiger charge is -2.13. The average molecular weight is 220 g/mol. The highest BCUT2D eigenvalue weighted by atomic mass is 14.9. The van der Waals surface area contributed by atoms with Crippen molar-refractivity contribution in [3.8, 4) is 0 Å². The van der Waals surface area contributed by atoms with Crippen molar-refractivity contribution in [1.29, 1.82) is 0 Å². The lowest BCUT2D eigenvalue weighted by atomic mass is 10.1. The van der Waals surface area contributed by atoms with E-state index in [-0.39, 0.29) is 0 Å². The quantitative estimate of drug-likeness (QED) is 0.710. The molecule has 1 aromatic rings. The Morgan fingerprint density at radius 1 is 1.25 bits per heavy atom. The van der Waals surface area contributed by atoms with E-state index in [1.807, 2.05) is 13.0 Å². The summed E-state index contributed by atoms with van der Waals surface area (Å²) in [6.45, 7) is 7.56. The van der Waals surface area contributed by atoms with Gasteiger partial charge in [-0.15, -0.1) is 0 Å². The van der Waals surface area contributed by atoms with Crippen molar-refractivity contribution < 1.29 is 0 Å². The van der Waals surface area contributed by atoms with Crippen LogP contribution in [0.4, 0.5) is 0 Å². The minimum Gasteiger partial charge on any atom is -0.309 e. The molecule has 1 N–H and O–H groups in total. The minimum absolute atomic E-state index is 0.363. The molecule has 0 amide bonds. The number of pyridine rings is 1. The van der Waals surface area contributed by atoms with E-state index in [1.165, 1.54) is 25.7 Å². The molecule has 0 radical (unpaired) electrons. The van der Waals surface area contributed by atoms with E-state index in [4.69, 9.17) is 0 Å². The lowest BCUT2D eigenvalue weighted by Crippen LogP contribution is -2.20. The second kappa shape index (κ2) is 7.39. The fourth-order valence-electron chi connectivity index (χ4n) is 1.78. The van der Waals surface area contributed by atoms with Gasteiger partial charge in [-0.05, 0) is 38.9 Å². The highest BCUT2D eigenvalue weighted by Crippen LogP contribution is 2.09. The van der Waals surface area contributed by atoms with E-state index < -0.39 is 0 Å². The number of nitrogens with one attached hydrogen (secondary N) is 1. The van der Waals surface area contributed by atoms with E-state index in [2.05, 4.69) is 36.3 Å². The zero-order valence-corrected chi connectivity index (χ0v) is 10.8. The van der Waals surface area contributed by atoms with Crippen LogP contribution in [0.25, 0.3) is 0 Å². The molecule has 0 unspecified atom stereocenters. The molecule has 2 nitrogen and oxygen atoms in total. The van der Waals surface area contributed by atoms with E-state index in [1.54, 1.807) is 0 Å². The van der Waals surface area contributed by atoms with Crippen molar-refractivity contribution in [3.05, 3.63) is 29.6 Å². The number of nitrogens with zero attached hydrogens (tertiary/aromatic N) is 1. The smallest absolute Gasteiger partial charge is 0.0573 e. The largest absolute Gasteiger partial charge is 0.309 e. The summed E-state index contributed by atoms with van der Waals surface area (Å²) >= 11 is 0. The lowest BCUT2D eigenvalue weighted by molar-refractivity contribution is 0.527. The first-order chi connectivity index (χ1) is 7.74. The molecular formula is C14H24N2. The fourth-order valence-corrected chi connectivity index (χ4v) is 1.78. The summed E-state index contributed by atoms with van der Waals surface area (Å²) in [6, 6.07) is 6.57. The van der Waals surface area contributed by atoms with Crippen LogP contribution in [0.5, 0.6) is 0 Å². The van der Waals surface area contributed by atoms with E-state index >= 15 is 0 Å². The van der Waals surface area contributed by atoms with Gasteiger partial charge in [0, 0.05) is 11.7 Å². The summed E-state index contributed by atoms with van der Waals surface area (Å²) in [6.07, 6.45) is 5.25. The predicted octanol–water partition coefficient (Wildman–Crippen LogP) is 3.62. The minimum atomic E-state index is 0.363. The van der Waals surface area contributed by atoms with Gasteiger partial charge in [-0.3, -0.25) is 4.98 Å². The van der Waals surface area contributed by atoms with Gasteiger partial charge in [0.15, 0.2) is 0 Å². The van der Waals surface area contributed by atoms with Crippen LogP contribution in [0, 0.1) is 6.92 Å². The summed E-state index contributed by atoms with van der Waals surface area (Å²) in [4.78, 5) is 4.53. The Morgan fingerprint density at radius 2 is 2.06 bits per heavy atom. The second-order valence-corrected chi connectivity index (χ2v) is 4.44. The zero-order valence-electron chi connectivity index (χ0n) is 10.8. The average Bonchev–Trinajstić information content (AvgIpc) is 2.28. The van der Waals surface area contributed by atoms with Crippen LogP contribution in [0.1, 0.15) is 57.0 Å². The molecule has 0 spiro atoms. The van der Waals surface area contributed by atoms with Crippen molar-refractivity contribution in [3.63, 3.8) is 0 Å². The molecule has 1 atom stereocenters. The molecule has 1 heterocycles. The molecule has 0 aromatic carbocycles. The molecule has 0 bridgehead atoms. The summed E-state index contributed by atoms with van der Waals surface area (Å²) in [5.74, 6) is 0. The van der Waals surface area contributed by atoms with E-state index in [9.17, 15) is 0 Å². The predicted molar refractivity (Wildman–Crippen MR) is 69.5 cm³/mol. The standard InChI is InChI=1S/C14H24N2/c1-4-5-6-7-11-15-13(3)14-10-8-9-12(2)16-14/h8-10,13,15H,4-7,11H2,1-3H3/t13-/m1/s1. The first-order valence-corrected chi connectivity index (χ1v) is 6.41. The Morgan fingerprint density at radius 3 is 2.75 bits per heavy atom. The number of rotatable bonds is 7.